The second kappa shape index (κ2) is 9.70. The molecule has 1 aliphatic heterocycles. The molecule has 0 unspecified atom stereocenters. The SMILES string of the molecule is C[C@@H]1C[C@@H](C)CN(CCCNC(=O)Cc2ccc(-c3ccccc3)cc2)C1. The molecule has 2 atom stereocenters. The van der Waals surface area contributed by atoms with Crippen LogP contribution in [0.4, 0.5) is 0 Å². The normalized spacial score (nSPS) is 20.4. The summed E-state index contributed by atoms with van der Waals surface area (Å²) in [5.41, 5.74) is 3.45. The van der Waals surface area contributed by atoms with E-state index in [-0.39, 0.29) is 5.91 Å². The van der Waals surface area contributed by atoms with Crippen molar-refractivity contribution in [1.29, 1.82) is 0 Å². The number of nitrogens with one attached hydrogen (secondary N) is 1. The summed E-state index contributed by atoms with van der Waals surface area (Å²) < 4.78 is 0. The van der Waals surface area contributed by atoms with Gasteiger partial charge in [0.1, 0.15) is 0 Å². The quantitative estimate of drug-likeness (QED) is 0.740. The molecule has 1 N–H and O–H groups in total. The molecule has 1 fully saturated rings. The van der Waals surface area contributed by atoms with E-state index < -0.39 is 0 Å². The summed E-state index contributed by atoms with van der Waals surface area (Å²) in [6.07, 6.45) is 2.82. The fourth-order valence-corrected chi connectivity index (χ4v) is 4.20. The smallest absolute Gasteiger partial charge is 0.224 e. The first-order valence-corrected chi connectivity index (χ1v) is 10.2. The van der Waals surface area contributed by atoms with E-state index in [1.807, 2.05) is 18.2 Å². The van der Waals surface area contributed by atoms with E-state index >= 15 is 0 Å². The van der Waals surface area contributed by atoms with Crippen LogP contribution in [-0.2, 0) is 11.2 Å². The average molecular weight is 365 g/mol. The van der Waals surface area contributed by atoms with Crippen molar-refractivity contribution in [1.82, 2.24) is 10.2 Å². The van der Waals surface area contributed by atoms with Crippen molar-refractivity contribution >= 4 is 5.91 Å². The van der Waals surface area contributed by atoms with Crippen LogP contribution in [0, 0.1) is 11.8 Å². The van der Waals surface area contributed by atoms with Gasteiger partial charge in [-0.3, -0.25) is 4.79 Å². The van der Waals surface area contributed by atoms with Gasteiger partial charge in [0.05, 0.1) is 6.42 Å². The van der Waals surface area contributed by atoms with Gasteiger partial charge in [-0.05, 0) is 47.9 Å². The highest BCUT2D eigenvalue weighted by molar-refractivity contribution is 5.78. The predicted octanol–water partition coefficient (Wildman–Crippen LogP) is 4.38. The van der Waals surface area contributed by atoms with E-state index in [0.717, 1.165) is 36.9 Å². The summed E-state index contributed by atoms with van der Waals surface area (Å²) in [5, 5.41) is 3.07. The Hall–Kier alpha value is -2.13. The summed E-state index contributed by atoms with van der Waals surface area (Å²) in [6.45, 7) is 8.93. The Morgan fingerprint density at radius 2 is 1.59 bits per heavy atom. The number of piperidine rings is 1. The largest absolute Gasteiger partial charge is 0.356 e. The van der Waals surface area contributed by atoms with Gasteiger partial charge in [0, 0.05) is 19.6 Å². The lowest BCUT2D eigenvalue weighted by molar-refractivity contribution is -0.120. The number of nitrogens with zero attached hydrogens (tertiary/aromatic N) is 1. The standard InChI is InChI=1S/C24H32N2O/c1-19-15-20(2)18-26(17-19)14-6-13-25-24(27)16-21-9-11-23(12-10-21)22-7-4-3-5-8-22/h3-5,7-12,19-20H,6,13-18H2,1-2H3,(H,25,27)/t19-,20-/m1/s1. The second-order valence-electron chi connectivity index (χ2n) is 8.15. The van der Waals surface area contributed by atoms with E-state index in [0.29, 0.717) is 6.42 Å². The molecule has 0 aliphatic carbocycles. The molecule has 1 saturated heterocycles. The number of amides is 1. The molecular weight excluding hydrogens is 332 g/mol. The molecule has 0 aromatic heterocycles. The van der Waals surface area contributed by atoms with Crippen LogP contribution in [0.5, 0.6) is 0 Å². The number of carbonyl (C=O) groups excluding carboxylic acids is 1. The Balaban J connectivity index is 1.38. The van der Waals surface area contributed by atoms with Crippen molar-refractivity contribution in [3.8, 4) is 11.1 Å². The van der Waals surface area contributed by atoms with Crippen LogP contribution in [0.15, 0.2) is 54.6 Å². The van der Waals surface area contributed by atoms with Gasteiger partial charge in [0.2, 0.25) is 5.91 Å². The third-order valence-corrected chi connectivity index (χ3v) is 5.34. The van der Waals surface area contributed by atoms with Gasteiger partial charge < -0.3 is 10.2 Å². The highest BCUT2D eigenvalue weighted by Gasteiger charge is 2.21. The molecule has 1 heterocycles. The lowest BCUT2D eigenvalue weighted by Gasteiger charge is -2.34. The summed E-state index contributed by atoms with van der Waals surface area (Å²) >= 11 is 0. The maximum atomic E-state index is 12.2. The lowest BCUT2D eigenvalue weighted by Crippen LogP contribution is -2.40. The molecule has 27 heavy (non-hydrogen) atoms. The topological polar surface area (TPSA) is 32.3 Å². The van der Waals surface area contributed by atoms with E-state index in [1.165, 1.54) is 30.6 Å². The molecule has 3 rings (SSSR count). The highest BCUT2D eigenvalue weighted by Crippen LogP contribution is 2.21. The number of carbonyl (C=O) groups is 1. The summed E-state index contributed by atoms with van der Waals surface area (Å²) in [4.78, 5) is 14.7. The number of hydrogen-bond donors (Lipinski definition) is 1. The van der Waals surface area contributed by atoms with Crippen molar-refractivity contribution in [2.45, 2.75) is 33.1 Å². The zero-order chi connectivity index (χ0) is 19.1. The molecule has 2 aromatic carbocycles. The van der Waals surface area contributed by atoms with Crippen molar-refractivity contribution in [2.75, 3.05) is 26.2 Å². The number of benzene rings is 2. The minimum atomic E-state index is 0.114. The molecule has 3 nitrogen and oxygen atoms in total. The Morgan fingerprint density at radius 1 is 0.963 bits per heavy atom. The third-order valence-electron chi connectivity index (χ3n) is 5.34. The molecule has 0 radical (unpaired) electrons. The lowest BCUT2D eigenvalue weighted by atomic mass is 9.92. The Labute approximate surface area is 163 Å². The van der Waals surface area contributed by atoms with Gasteiger partial charge in [-0.15, -0.1) is 0 Å². The van der Waals surface area contributed by atoms with Crippen molar-refractivity contribution in [2.24, 2.45) is 11.8 Å². The molecule has 0 bridgehead atoms. The summed E-state index contributed by atoms with van der Waals surface area (Å²) in [6, 6.07) is 18.6. The summed E-state index contributed by atoms with van der Waals surface area (Å²) in [7, 11) is 0. The van der Waals surface area contributed by atoms with Crippen molar-refractivity contribution in [3.05, 3.63) is 60.2 Å². The molecule has 3 heteroatoms. The summed E-state index contributed by atoms with van der Waals surface area (Å²) in [5.74, 6) is 1.70. The van der Waals surface area contributed by atoms with Gasteiger partial charge >= 0.3 is 0 Å². The van der Waals surface area contributed by atoms with Crippen LogP contribution in [0.2, 0.25) is 0 Å². The molecule has 1 aliphatic rings. The van der Waals surface area contributed by atoms with Gasteiger partial charge in [0.15, 0.2) is 0 Å². The first-order valence-electron chi connectivity index (χ1n) is 10.2. The first-order chi connectivity index (χ1) is 13.1. The monoisotopic (exact) mass is 364 g/mol. The van der Waals surface area contributed by atoms with E-state index in [4.69, 9.17) is 0 Å². The maximum Gasteiger partial charge on any atom is 0.224 e. The highest BCUT2D eigenvalue weighted by atomic mass is 16.1. The van der Waals surface area contributed by atoms with Crippen LogP contribution in [0.1, 0.15) is 32.3 Å². The Bertz CT molecular complexity index is 701. The molecule has 0 spiro atoms. The zero-order valence-corrected chi connectivity index (χ0v) is 16.7. The maximum absolute atomic E-state index is 12.2. The van der Waals surface area contributed by atoms with Crippen LogP contribution >= 0.6 is 0 Å². The number of hydrogen-bond acceptors (Lipinski definition) is 2. The number of rotatable bonds is 7. The fourth-order valence-electron chi connectivity index (χ4n) is 4.20. The molecule has 0 saturated carbocycles. The van der Waals surface area contributed by atoms with Gasteiger partial charge in [-0.2, -0.15) is 0 Å². The van der Waals surface area contributed by atoms with E-state index in [9.17, 15) is 4.79 Å². The van der Waals surface area contributed by atoms with Crippen LogP contribution < -0.4 is 5.32 Å². The molecular formula is C24H32N2O. The number of likely N-dealkylation sites (tertiary alicyclic amines) is 1. The van der Waals surface area contributed by atoms with Gasteiger partial charge in [0.25, 0.3) is 0 Å². The Kier molecular flexibility index (Phi) is 7.05. The van der Waals surface area contributed by atoms with Gasteiger partial charge in [-0.25, -0.2) is 0 Å². The van der Waals surface area contributed by atoms with Crippen LogP contribution in [-0.4, -0.2) is 37.0 Å². The molecule has 1 amide bonds. The fraction of sp³-hybridized carbons (Fsp3) is 0.458. The van der Waals surface area contributed by atoms with Crippen LogP contribution in [0.25, 0.3) is 11.1 Å². The first kappa shape index (κ1) is 19.6. The minimum absolute atomic E-state index is 0.114. The predicted molar refractivity (Wildman–Crippen MR) is 113 cm³/mol. The molecule has 2 aromatic rings. The van der Waals surface area contributed by atoms with Crippen LogP contribution in [0.3, 0.4) is 0 Å². The zero-order valence-electron chi connectivity index (χ0n) is 16.7. The average Bonchev–Trinajstić information content (AvgIpc) is 2.66. The van der Waals surface area contributed by atoms with E-state index in [1.54, 1.807) is 0 Å². The third kappa shape index (κ3) is 6.21. The Morgan fingerprint density at radius 3 is 2.26 bits per heavy atom. The van der Waals surface area contributed by atoms with Crippen molar-refractivity contribution in [3.63, 3.8) is 0 Å². The molecule has 144 valence electrons. The van der Waals surface area contributed by atoms with E-state index in [2.05, 4.69) is 60.5 Å². The second-order valence-corrected chi connectivity index (χ2v) is 8.15. The van der Waals surface area contributed by atoms with Gasteiger partial charge in [-0.1, -0.05) is 68.4 Å². The minimum Gasteiger partial charge on any atom is -0.356 e. The van der Waals surface area contributed by atoms with Crippen molar-refractivity contribution < 1.29 is 4.79 Å².